The normalized spacial score (nSPS) is 18.7. The summed E-state index contributed by atoms with van der Waals surface area (Å²) in [5.41, 5.74) is 4.38. The van der Waals surface area contributed by atoms with E-state index in [1.807, 2.05) is 43.1 Å². The van der Waals surface area contributed by atoms with Crippen molar-refractivity contribution in [1.29, 1.82) is 0 Å². The van der Waals surface area contributed by atoms with Gasteiger partial charge in [-0.3, -0.25) is 9.59 Å². The average Bonchev–Trinajstić information content (AvgIpc) is 2.70. The van der Waals surface area contributed by atoms with Crippen LogP contribution in [-0.2, 0) is 6.54 Å². The van der Waals surface area contributed by atoms with Crippen molar-refractivity contribution in [2.45, 2.75) is 38.9 Å². The Hall–Kier alpha value is -2.82. The lowest BCUT2D eigenvalue weighted by Gasteiger charge is -2.46. The molecule has 5 heteroatoms. The van der Waals surface area contributed by atoms with Gasteiger partial charge in [-0.2, -0.15) is 0 Å². The number of piperidine rings is 1. The van der Waals surface area contributed by atoms with Crippen molar-refractivity contribution in [2.75, 3.05) is 18.5 Å². The summed E-state index contributed by atoms with van der Waals surface area (Å²) in [6.07, 6.45) is 3.27. The highest BCUT2D eigenvalue weighted by Gasteiger charge is 2.37. The highest BCUT2D eigenvalue weighted by molar-refractivity contribution is 6.04. The topological polar surface area (TPSA) is 52.7 Å². The number of fused-ring (bicyclic) bond motifs is 2. The zero-order valence-electron chi connectivity index (χ0n) is 15.9. The van der Waals surface area contributed by atoms with Crippen LogP contribution < -0.4 is 10.2 Å². The summed E-state index contributed by atoms with van der Waals surface area (Å²) < 4.78 is 0. The molecule has 1 atom stereocenters. The van der Waals surface area contributed by atoms with Crippen LogP contribution in [-0.4, -0.2) is 36.5 Å². The maximum atomic E-state index is 12.8. The molecule has 2 aromatic rings. The number of carbonyl (C=O) groups excluding carboxylic acids is 2. The van der Waals surface area contributed by atoms with Gasteiger partial charge in [0.15, 0.2) is 0 Å². The number of nitrogens with zero attached hydrogens (tertiary/aromatic N) is 2. The van der Waals surface area contributed by atoms with Gasteiger partial charge in [-0.05, 0) is 49.9 Å². The Morgan fingerprint density at radius 3 is 2.85 bits per heavy atom. The molecular weight excluding hydrogens is 338 g/mol. The third-order valence-corrected chi connectivity index (χ3v) is 5.58. The van der Waals surface area contributed by atoms with Crippen LogP contribution in [0.25, 0.3) is 0 Å². The lowest BCUT2D eigenvalue weighted by atomic mass is 9.97. The predicted octanol–water partition coefficient (Wildman–Crippen LogP) is 3.33. The standard InChI is InChI=1S/C22H25N3O2/c1-15-6-5-7-16(12-15)14-23-21(26)17-9-10-18-19(13-17)24(2)20-8-3-4-11-25(20)22(18)27/h5-7,9-10,12-13,20H,3-4,8,11,14H2,1-2H3,(H,23,26). The first-order chi connectivity index (χ1) is 13.0. The molecule has 0 aliphatic carbocycles. The second-order valence-corrected chi connectivity index (χ2v) is 7.49. The van der Waals surface area contributed by atoms with E-state index in [2.05, 4.69) is 16.3 Å². The summed E-state index contributed by atoms with van der Waals surface area (Å²) in [5.74, 6) is -0.0363. The van der Waals surface area contributed by atoms with Crippen LogP contribution >= 0.6 is 0 Å². The Morgan fingerprint density at radius 2 is 2.04 bits per heavy atom. The summed E-state index contributed by atoms with van der Waals surface area (Å²) >= 11 is 0. The fraction of sp³-hybridized carbons (Fsp3) is 0.364. The molecule has 2 amide bonds. The van der Waals surface area contributed by atoms with Gasteiger partial charge < -0.3 is 15.1 Å². The first-order valence-electron chi connectivity index (χ1n) is 9.56. The number of hydrogen-bond acceptors (Lipinski definition) is 3. The van der Waals surface area contributed by atoms with Gasteiger partial charge in [0.05, 0.1) is 11.3 Å². The number of amides is 2. The molecule has 2 heterocycles. The molecule has 1 fully saturated rings. The number of rotatable bonds is 3. The summed E-state index contributed by atoms with van der Waals surface area (Å²) in [6.45, 7) is 3.34. The van der Waals surface area contributed by atoms with Crippen molar-refractivity contribution >= 4 is 17.5 Å². The van der Waals surface area contributed by atoms with Gasteiger partial charge in [0, 0.05) is 25.7 Å². The Kier molecular flexibility index (Phi) is 4.60. The van der Waals surface area contributed by atoms with Crippen LogP contribution in [0.15, 0.2) is 42.5 Å². The summed E-state index contributed by atoms with van der Waals surface area (Å²) in [4.78, 5) is 29.6. The van der Waals surface area contributed by atoms with Crippen molar-refractivity contribution in [1.82, 2.24) is 10.2 Å². The molecule has 140 valence electrons. The molecule has 1 saturated heterocycles. The number of benzene rings is 2. The molecule has 1 unspecified atom stereocenters. The van der Waals surface area contributed by atoms with E-state index >= 15 is 0 Å². The zero-order chi connectivity index (χ0) is 19.0. The minimum Gasteiger partial charge on any atom is -0.354 e. The Labute approximate surface area is 160 Å². The maximum Gasteiger partial charge on any atom is 0.257 e. The Bertz CT molecular complexity index is 893. The molecule has 27 heavy (non-hydrogen) atoms. The van der Waals surface area contributed by atoms with Crippen LogP contribution in [0.4, 0.5) is 5.69 Å². The van der Waals surface area contributed by atoms with Gasteiger partial charge in [0.1, 0.15) is 6.17 Å². The number of aryl methyl sites for hydroxylation is 1. The SMILES string of the molecule is Cc1cccc(CNC(=O)c2ccc3c(c2)N(C)C2CCCCN2C3=O)c1. The van der Waals surface area contributed by atoms with Crippen molar-refractivity contribution < 1.29 is 9.59 Å². The second kappa shape index (κ2) is 7.06. The van der Waals surface area contributed by atoms with Gasteiger partial charge in [0.2, 0.25) is 0 Å². The van der Waals surface area contributed by atoms with Gasteiger partial charge >= 0.3 is 0 Å². The number of anilines is 1. The quantitative estimate of drug-likeness (QED) is 0.910. The van der Waals surface area contributed by atoms with E-state index in [0.717, 1.165) is 37.1 Å². The molecule has 5 nitrogen and oxygen atoms in total. The van der Waals surface area contributed by atoms with E-state index < -0.39 is 0 Å². The molecule has 2 aromatic carbocycles. The van der Waals surface area contributed by atoms with Crippen molar-refractivity contribution in [3.05, 3.63) is 64.7 Å². The van der Waals surface area contributed by atoms with Crippen molar-refractivity contribution in [2.24, 2.45) is 0 Å². The van der Waals surface area contributed by atoms with Crippen LogP contribution in [0.3, 0.4) is 0 Å². The molecule has 2 aliphatic rings. The zero-order valence-corrected chi connectivity index (χ0v) is 15.9. The first kappa shape index (κ1) is 17.6. The Balaban J connectivity index is 1.54. The monoisotopic (exact) mass is 363 g/mol. The third-order valence-electron chi connectivity index (χ3n) is 5.58. The Morgan fingerprint density at radius 1 is 1.19 bits per heavy atom. The van der Waals surface area contributed by atoms with E-state index in [4.69, 9.17) is 0 Å². The molecule has 0 bridgehead atoms. The summed E-state index contributed by atoms with van der Waals surface area (Å²) in [6, 6.07) is 13.5. The van der Waals surface area contributed by atoms with Gasteiger partial charge in [-0.25, -0.2) is 0 Å². The largest absolute Gasteiger partial charge is 0.354 e. The first-order valence-corrected chi connectivity index (χ1v) is 9.56. The predicted molar refractivity (Wildman–Crippen MR) is 106 cm³/mol. The highest BCUT2D eigenvalue weighted by Crippen LogP contribution is 2.34. The molecule has 0 radical (unpaired) electrons. The maximum absolute atomic E-state index is 12.8. The fourth-order valence-corrected chi connectivity index (χ4v) is 4.12. The van der Waals surface area contributed by atoms with E-state index in [1.54, 1.807) is 12.1 Å². The van der Waals surface area contributed by atoms with Crippen LogP contribution in [0.2, 0.25) is 0 Å². The highest BCUT2D eigenvalue weighted by atomic mass is 16.2. The molecule has 4 rings (SSSR count). The van der Waals surface area contributed by atoms with Crippen molar-refractivity contribution in [3.8, 4) is 0 Å². The van der Waals surface area contributed by atoms with Crippen LogP contribution in [0.1, 0.15) is 51.1 Å². The van der Waals surface area contributed by atoms with Gasteiger partial charge in [0.25, 0.3) is 11.8 Å². The lowest BCUT2D eigenvalue weighted by Crippen LogP contribution is -2.55. The minimum atomic E-state index is -0.119. The molecule has 0 saturated carbocycles. The minimum absolute atomic E-state index is 0.0829. The summed E-state index contributed by atoms with van der Waals surface area (Å²) in [7, 11) is 2.02. The van der Waals surface area contributed by atoms with E-state index in [1.165, 1.54) is 5.56 Å². The number of nitrogens with one attached hydrogen (secondary N) is 1. The average molecular weight is 363 g/mol. The summed E-state index contributed by atoms with van der Waals surface area (Å²) in [5, 5.41) is 2.98. The van der Waals surface area contributed by atoms with Crippen molar-refractivity contribution in [3.63, 3.8) is 0 Å². The smallest absolute Gasteiger partial charge is 0.257 e. The fourth-order valence-electron chi connectivity index (χ4n) is 4.12. The molecule has 0 aromatic heterocycles. The second-order valence-electron chi connectivity index (χ2n) is 7.49. The third kappa shape index (κ3) is 3.29. The van der Waals surface area contributed by atoms with Crippen LogP contribution in [0, 0.1) is 6.92 Å². The number of hydrogen-bond donors (Lipinski definition) is 1. The van der Waals surface area contributed by atoms with Gasteiger partial charge in [-0.1, -0.05) is 29.8 Å². The molecular formula is C22H25N3O2. The van der Waals surface area contributed by atoms with E-state index in [9.17, 15) is 9.59 Å². The van der Waals surface area contributed by atoms with Crippen LogP contribution in [0.5, 0.6) is 0 Å². The van der Waals surface area contributed by atoms with Gasteiger partial charge in [-0.15, -0.1) is 0 Å². The molecule has 0 spiro atoms. The number of carbonyl (C=O) groups is 2. The van der Waals surface area contributed by atoms with E-state index in [0.29, 0.717) is 17.7 Å². The molecule has 2 aliphatic heterocycles. The lowest BCUT2D eigenvalue weighted by molar-refractivity contribution is 0.0589. The van der Waals surface area contributed by atoms with E-state index in [-0.39, 0.29) is 18.0 Å². The molecule has 1 N–H and O–H groups in total.